The Kier molecular flexibility index (Phi) is 7.43. The summed E-state index contributed by atoms with van der Waals surface area (Å²) < 4.78 is 5.27. The van der Waals surface area contributed by atoms with Gasteiger partial charge in [0, 0.05) is 23.2 Å². The number of ether oxygens (including phenoxy) is 1. The highest BCUT2D eigenvalue weighted by atomic mass is 32.2. The van der Waals surface area contributed by atoms with Crippen molar-refractivity contribution in [2.45, 2.75) is 37.0 Å². The Labute approximate surface area is 162 Å². The van der Waals surface area contributed by atoms with Crippen molar-refractivity contribution >= 4 is 40.9 Å². The van der Waals surface area contributed by atoms with Crippen LogP contribution in [-0.4, -0.2) is 29.1 Å². The minimum Gasteiger partial charge on any atom is -0.452 e. The molecular formula is C20H22N2O4S. The smallest absolute Gasteiger partial charge is 0.319 e. The predicted molar refractivity (Wildman–Crippen MR) is 107 cm³/mol. The number of carbonyl (C=O) groups excluding carboxylic acids is 3. The number of carbonyl (C=O) groups is 3. The summed E-state index contributed by atoms with van der Waals surface area (Å²) in [4.78, 5) is 36.4. The number of amides is 2. The SMILES string of the molecule is CC(=O)Nc1ccc(NC(=O)[C@@H](C)OC(=O)[C@@H](C)Sc2ccccc2)cc1. The summed E-state index contributed by atoms with van der Waals surface area (Å²) >= 11 is 1.38. The molecule has 7 heteroatoms. The molecule has 27 heavy (non-hydrogen) atoms. The van der Waals surface area contributed by atoms with E-state index in [4.69, 9.17) is 4.74 Å². The van der Waals surface area contributed by atoms with Crippen molar-refractivity contribution in [1.29, 1.82) is 0 Å². The average Bonchev–Trinajstić information content (AvgIpc) is 2.63. The Morgan fingerprint density at radius 3 is 2.00 bits per heavy atom. The van der Waals surface area contributed by atoms with Crippen LogP contribution in [0.1, 0.15) is 20.8 Å². The summed E-state index contributed by atoms with van der Waals surface area (Å²) in [6.45, 7) is 4.69. The van der Waals surface area contributed by atoms with Crippen LogP contribution in [0.4, 0.5) is 11.4 Å². The highest BCUT2D eigenvalue weighted by Gasteiger charge is 2.22. The summed E-state index contributed by atoms with van der Waals surface area (Å²) in [6.07, 6.45) is -0.925. The minimum atomic E-state index is -0.925. The maximum atomic E-state index is 12.2. The van der Waals surface area contributed by atoms with E-state index < -0.39 is 23.2 Å². The number of benzene rings is 2. The van der Waals surface area contributed by atoms with E-state index in [2.05, 4.69) is 10.6 Å². The molecule has 0 unspecified atom stereocenters. The third-order valence-electron chi connectivity index (χ3n) is 3.52. The molecule has 0 saturated heterocycles. The van der Waals surface area contributed by atoms with Gasteiger partial charge in [0.1, 0.15) is 5.25 Å². The molecule has 0 saturated carbocycles. The van der Waals surface area contributed by atoms with Crippen LogP contribution in [0.25, 0.3) is 0 Å². The van der Waals surface area contributed by atoms with Crippen LogP contribution in [0.3, 0.4) is 0 Å². The van der Waals surface area contributed by atoms with Gasteiger partial charge in [-0.3, -0.25) is 14.4 Å². The molecule has 0 aliphatic heterocycles. The van der Waals surface area contributed by atoms with Crippen LogP contribution in [-0.2, 0) is 19.1 Å². The first-order valence-electron chi connectivity index (χ1n) is 8.46. The standard InChI is InChI=1S/C20H22N2O4S/c1-13(26-20(25)14(2)27-18-7-5-4-6-8-18)19(24)22-17-11-9-16(10-12-17)21-15(3)23/h4-14H,1-3H3,(H,21,23)(H,22,24)/t13-,14-/m1/s1. The van der Waals surface area contributed by atoms with Crippen LogP contribution >= 0.6 is 11.8 Å². The Morgan fingerprint density at radius 2 is 1.44 bits per heavy atom. The van der Waals surface area contributed by atoms with Gasteiger partial charge in [-0.1, -0.05) is 18.2 Å². The molecule has 2 aromatic carbocycles. The maximum absolute atomic E-state index is 12.2. The zero-order chi connectivity index (χ0) is 19.8. The van der Waals surface area contributed by atoms with E-state index in [1.165, 1.54) is 25.6 Å². The van der Waals surface area contributed by atoms with E-state index in [1.807, 2.05) is 30.3 Å². The number of hydrogen-bond acceptors (Lipinski definition) is 5. The van der Waals surface area contributed by atoms with Crippen molar-refractivity contribution in [3.8, 4) is 0 Å². The van der Waals surface area contributed by atoms with Crippen molar-refractivity contribution < 1.29 is 19.1 Å². The maximum Gasteiger partial charge on any atom is 0.319 e. The van der Waals surface area contributed by atoms with Crippen molar-refractivity contribution in [1.82, 2.24) is 0 Å². The highest BCUT2D eigenvalue weighted by molar-refractivity contribution is 8.00. The lowest BCUT2D eigenvalue weighted by Crippen LogP contribution is -2.32. The number of nitrogens with one attached hydrogen (secondary N) is 2. The molecule has 0 radical (unpaired) electrons. The molecule has 2 rings (SSSR count). The van der Waals surface area contributed by atoms with Crippen LogP contribution < -0.4 is 10.6 Å². The summed E-state index contributed by atoms with van der Waals surface area (Å²) in [6, 6.07) is 16.2. The van der Waals surface area contributed by atoms with Gasteiger partial charge in [-0.15, -0.1) is 11.8 Å². The van der Waals surface area contributed by atoms with Crippen molar-refractivity contribution in [3.05, 3.63) is 54.6 Å². The lowest BCUT2D eigenvalue weighted by atomic mass is 10.2. The van der Waals surface area contributed by atoms with Crippen molar-refractivity contribution in [2.75, 3.05) is 10.6 Å². The summed E-state index contributed by atoms with van der Waals surface area (Å²) in [5, 5.41) is 4.89. The largest absolute Gasteiger partial charge is 0.452 e. The molecule has 0 heterocycles. The highest BCUT2D eigenvalue weighted by Crippen LogP contribution is 2.24. The third-order valence-corrected chi connectivity index (χ3v) is 4.61. The molecule has 2 aromatic rings. The molecule has 2 atom stereocenters. The second-order valence-electron chi connectivity index (χ2n) is 5.90. The number of hydrogen-bond donors (Lipinski definition) is 2. The van der Waals surface area contributed by atoms with Gasteiger partial charge >= 0.3 is 5.97 Å². The zero-order valence-corrected chi connectivity index (χ0v) is 16.2. The van der Waals surface area contributed by atoms with E-state index >= 15 is 0 Å². The number of esters is 1. The summed E-state index contributed by atoms with van der Waals surface area (Å²) in [7, 11) is 0. The molecule has 0 aromatic heterocycles. The molecule has 0 aliphatic carbocycles. The summed E-state index contributed by atoms with van der Waals surface area (Å²) in [5.74, 6) is -1.05. The van der Waals surface area contributed by atoms with Gasteiger partial charge in [-0.25, -0.2) is 0 Å². The minimum absolute atomic E-state index is 0.171. The van der Waals surface area contributed by atoms with E-state index in [0.29, 0.717) is 11.4 Å². The average molecular weight is 386 g/mol. The fourth-order valence-electron chi connectivity index (χ4n) is 2.16. The molecule has 0 bridgehead atoms. The van der Waals surface area contributed by atoms with Crippen LogP contribution in [0, 0.1) is 0 Å². The van der Waals surface area contributed by atoms with E-state index in [1.54, 1.807) is 31.2 Å². The first-order valence-corrected chi connectivity index (χ1v) is 9.34. The first kappa shape index (κ1) is 20.5. The van der Waals surface area contributed by atoms with Crippen LogP contribution in [0.2, 0.25) is 0 Å². The fourth-order valence-corrected chi connectivity index (χ4v) is 3.03. The Hall–Kier alpha value is -2.80. The lowest BCUT2D eigenvalue weighted by molar-refractivity contribution is -0.152. The molecule has 142 valence electrons. The molecular weight excluding hydrogens is 364 g/mol. The zero-order valence-electron chi connectivity index (χ0n) is 15.4. The monoisotopic (exact) mass is 386 g/mol. The topological polar surface area (TPSA) is 84.5 Å². The van der Waals surface area contributed by atoms with E-state index in [-0.39, 0.29) is 5.91 Å². The van der Waals surface area contributed by atoms with Gasteiger partial charge in [-0.2, -0.15) is 0 Å². The second-order valence-corrected chi connectivity index (χ2v) is 7.31. The molecule has 0 fully saturated rings. The van der Waals surface area contributed by atoms with Crippen molar-refractivity contribution in [3.63, 3.8) is 0 Å². The van der Waals surface area contributed by atoms with Gasteiger partial charge < -0.3 is 15.4 Å². The molecule has 6 nitrogen and oxygen atoms in total. The Balaban J connectivity index is 1.85. The third kappa shape index (κ3) is 6.79. The van der Waals surface area contributed by atoms with Gasteiger partial charge in [0.15, 0.2) is 6.10 Å². The van der Waals surface area contributed by atoms with Crippen molar-refractivity contribution in [2.24, 2.45) is 0 Å². The number of anilines is 2. The first-order chi connectivity index (χ1) is 12.8. The van der Waals surface area contributed by atoms with Gasteiger partial charge in [0.2, 0.25) is 5.91 Å². The normalized spacial score (nSPS) is 12.6. The second kappa shape index (κ2) is 9.78. The number of rotatable bonds is 7. The number of thioether (sulfide) groups is 1. The molecule has 0 spiro atoms. The van der Waals surface area contributed by atoms with Crippen LogP contribution in [0.15, 0.2) is 59.5 Å². The summed E-state index contributed by atoms with van der Waals surface area (Å²) in [5.41, 5.74) is 1.18. The fraction of sp³-hybridized carbons (Fsp3) is 0.250. The van der Waals surface area contributed by atoms with E-state index in [9.17, 15) is 14.4 Å². The Bertz CT molecular complexity index is 793. The molecule has 0 aliphatic rings. The lowest BCUT2D eigenvalue weighted by Gasteiger charge is -2.16. The van der Waals surface area contributed by atoms with Gasteiger partial charge in [-0.05, 0) is 50.2 Å². The van der Waals surface area contributed by atoms with E-state index in [0.717, 1.165) is 4.90 Å². The quantitative estimate of drug-likeness (QED) is 0.560. The molecule has 2 N–H and O–H groups in total. The van der Waals surface area contributed by atoms with Gasteiger partial charge in [0.25, 0.3) is 5.91 Å². The molecule has 2 amide bonds. The Morgan fingerprint density at radius 1 is 0.889 bits per heavy atom. The van der Waals surface area contributed by atoms with Crippen LogP contribution in [0.5, 0.6) is 0 Å². The predicted octanol–water partition coefficient (Wildman–Crippen LogP) is 3.70. The van der Waals surface area contributed by atoms with Gasteiger partial charge in [0.05, 0.1) is 0 Å².